The Morgan fingerprint density at radius 2 is 1.83 bits per heavy atom. The summed E-state index contributed by atoms with van der Waals surface area (Å²) in [5.74, 6) is 0. The van der Waals surface area contributed by atoms with Crippen molar-refractivity contribution in [3.05, 3.63) is 29.8 Å². The zero-order valence-electron chi connectivity index (χ0n) is 7.15. The van der Waals surface area contributed by atoms with E-state index in [4.69, 9.17) is 1.37 Å². The molecule has 0 unspecified atom stereocenters. The molecule has 0 aliphatic carbocycles. The maximum atomic E-state index is 12.0. The minimum absolute atomic E-state index is 0.0502. The molecule has 0 amide bonds. The zero-order chi connectivity index (χ0) is 9.90. The van der Waals surface area contributed by atoms with E-state index >= 15 is 0 Å². The Labute approximate surface area is 69.6 Å². The van der Waals surface area contributed by atoms with Crippen LogP contribution in [0, 0.1) is 0 Å². The molecule has 0 saturated heterocycles. The first-order valence-corrected chi connectivity index (χ1v) is 3.24. The molecule has 0 spiro atoms. The molecule has 0 fully saturated rings. The number of alkyl halides is 3. The van der Waals surface area contributed by atoms with Gasteiger partial charge in [0.05, 0.1) is 5.56 Å². The lowest BCUT2D eigenvalue weighted by atomic mass is 10.2. The third kappa shape index (κ3) is 1.90. The second-order valence-electron chi connectivity index (χ2n) is 2.25. The quantitative estimate of drug-likeness (QED) is 0.693. The highest BCUT2D eigenvalue weighted by Gasteiger charge is 2.29. The van der Waals surface area contributed by atoms with Crippen molar-refractivity contribution in [1.29, 1.82) is 0 Å². The summed E-state index contributed by atoms with van der Waals surface area (Å²) < 4.78 is 42.9. The molecule has 1 aromatic rings. The molecule has 0 aliphatic heterocycles. The van der Waals surface area contributed by atoms with Gasteiger partial charge in [-0.1, -0.05) is 0 Å². The molecule has 12 heavy (non-hydrogen) atoms. The highest BCUT2D eigenvalue weighted by Crippen LogP contribution is 2.29. The zero-order valence-corrected chi connectivity index (χ0v) is 6.15. The minimum Gasteiger partial charge on any atom is -0.388 e. The second-order valence-corrected chi connectivity index (χ2v) is 2.25. The topological polar surface area (TPSA) is 12.0 Å². The van der Waals surface area contributed by atoms with Gasteiger partial charge in [0.1, 0.15) is 0 Å². The molecule has 0 saturated carbocycles. The summed E-state index contributed by atoms with van der Waals surface area (Å²) in [6.07, 6.45) is -4.29. The summed E-state index contributed by atoms with van der Waals surface area (Å²) in [6, 6.07) is 4.57. The molecular weight excluding hydrogens is 167 g/mol. The summed E-state index contributed by atoms with van der Waals surface area (Å²) in [4.78, 5) is 0. The Balaban J connectivity index is 2.81. The van der Waals surface area contributed by atoms with Crippen molar-refractivity contribution < 1.29 is 14.5 Å². The van der Waals surface area contributed by atoms with Crippen LogP contribution in [0.5, 0.6) is 0 Å². The average molecular weight is 176 g/mol. The van der Waals surface area contributed by atoms with Crippen molar-refractivity contribution in [3.8, 4) is 0 Å². The van der Waals surface area contributed by atoms with E-state index in [0.717, 1.165) is 12.1 Å². The first kappa shape index (κ1) is 7.46. The predicted octanol–water partition coefficient (Wildman–Crippen LogP) is 2.75. The Morgan fingerprint density at radius 1 is 1.25 bits per heavy atom. The number of anilines is 1. The predicted molar refractivity (Wildman–Crippen MR) is 41.0 cm³/mol. The van der Waals surface area contributed by atoms with E-state index in [0.29, 0.717) is 5.69 Å². The van der Waals surface area contributed by atoms with Crippen molar-refractivity contribution in [2.45, 2.75) is 6.18 Å². The van der Waals surface area contributed by atoms with Crippen LogP contribution in [0.1, 0.15) is 6.93 Å². The van der Waals surface area contributed by atoms with Gasteiger partial charge in [-0.05, 0) is 24.3 Å². The minimum atomic E-state index is -4.29. The van der Waals surface area contributed by atoms with Gasteiger partial charge in [0.15, 0.2) is 0 Å². The van der Waals surface area contributed by atoms with Gasteiger partial charge in [0.25, 0.3) is 0 Å². The van der Waals surface area contributed by atoms with E-state index in [-0.39, 0.29) is 7.02 Å². The number of nitrogens with one attached hydrogen (secondary N) is 1. The summed E-state index contributed by atoms with van der Waals surface area (Å²) >= 11 is 0. The van der Waals surface area contributed by atoms with Gasteiger partial charge >= 0.3 is 6.18 Å². The molecule has 0 atom stereocenters. The monoisotopic (exact) mass is 176 g/mol. The van der Waals surface area contributed by atoms with Gasteiger partial charge in [-0.2, -0.15) is 13.2 Å². The molecule has 0 aliphatic rings. The van der Waals surface area contributed by atoms with Crippen LogP contribution >= 0.6 is 0 Å². The van der Waals surface area contributed by atoms with E-state index in [1.165, 1.54) is 12.1 Å². The maximum Gasteiger partial charge on any atom is 0.416 e. The van der Waals surface area contributed by atoms with Crippen LogP contribution in [0.25, 0.3) is 0 Å². The Morgan fingerprint density at radius 3 is 2.25 bits per heavy atom. The molecule has 1 rings (SSSR count). The molecule has 0 heterocycles. The van der Waals surface area contributed by atoms with Crippen LogP contribution < -0.4 is 5.32 Å². The Hall–Kier alpha value is -1.19. The van der Waals surface area contributed by atoms with Gasteiger partial charge in [0.2, 0.25) is 0 Å². The van der Waals surface area contributed by atoms with Crippen molar-refractivity contribution in [3.63, 3.8) is 0 Å². The van der Waals surface area contributed by atoms with E-state index in [1.54, 1.807) is 0 Å². The maximum absolute atomic E-state index is 12.0. The van der Waals surface area contributed by atoms with Crippen LogP contribution in [-0.4, -0.2) is 7.02 Å². The molecular formula is C8H8F3N. The summed E-state index contributed by atoms with van der Waals surface area (Å²) in [7, 11) is -0.0502. The first-order valence-electron chi connectivity index (χ1n) is 3.95. The molecule has 1 nitrogen and oxygen atoms in total. The number of halogens is 3. The van der Waals surface area contributed by atoms with Gasteiger partial charge in [0, 0.05) is 14.1 Å². The van der Waals surface area contributed by atoms with Gasteiger partial charge in [-0.3, -0.25) is 0 Å². The molecule has 0 radical (unpaired) electrons. The van der Waals surface area contributed by atoms with Crippen LogP contribution in [0.4, 0.5) is 18.9 Å². The SMILES string of the molecule is [2H]CNc1ccc(C(F)(F)F)cc1. The molecule has 0 aromatic heterocycles. The summed E-state index contributed by atoms with van der Waals surface area (Å²) in [5.41, 5.74) is -0.161. The fourth-order valence-electron chi connectivity index (χ4n) is 0.777. The third-order valence-corrected chi connectivity index (χ3v) is 1.42. The second kappa shape index (κ2) is 3.05. The fourth-order valence-corrected chi connectivity index (χ4v) is 0.777. The molecule has 1 N–H and O–H groups in total. The number of hydrogen-bond donors (Lipinski definition) is 1. The Bertz CT molecular complexity index is 268. The number of hydrogen-bond acceptors (Lipinski definition) is 1. The lowest BCUT2D eigenvalue weighted by Crippen LogP contribution is -2.04. The van der Waals surface area contributed by atoms with E-state index < -0.39 is 11.7 Å². The third-order valence-electron chi connectivity index (χ3n) is 1.42. The van der Waals surface area contributed by atoms with Gasteiger partial charge in [-0.15, -0.1) is 0 Å². The fraction of sp³-hybridized carbons (Fsp3) is 0.250. The van der Waals surface area contributed by atoms with Crippen molar-refractivity contribution in [1.82, 2.24) is 0 Å². The number of benzene rings is 1. The molecule has 4 heteroatoms. The first-order chi connectivity index (χ1) is 6.04. The smallest absolute Gasteiger partial charge is 0.388 e. The Kier molecular flexibility index (Phi) is 1.89. The standard InChI is InChI=1S/C8H8F3N/c1-12-7-4-2-6(3-5-7)8(9,10)11/h2-5,12H,1H3/i1D. The largest absolute Gasteiger partial charge is 0.416 e. The van der Waals surface area contributed by atoms with E-state index in [9.17, 15) is 13.2 Å². The molecule has 1 aromatic carbocycles. The van der Waals surface area contributed by atoms with Crippen LogP contribution in [0.2, 0.25) is 0 Å². The van der Waals surface area contributed by atoms with Crippen molar-refractivity contribution in [2.24, 2.45) is 0 Å². The molecule has 0 bridgehead atoms. The van der Waals surface area contributed by atoms with Crippen LogP contribution in [0.15, 0.2) is 24.3 Å². The number of rotatable bonds is 1. The average Bonchev–Trinajstić information content (AvgIpc) is 2.04. The molecule has 66 valence electrons. The van der Waals surface area contributed by atoms with Crippen molar-refractivity contribution in [2.75, 3.05) is 12.3 Å². The van der Waals surface area contributed by atoms with Crippen LogP contribution in [-0.2, 0) is 6.18 Å². The van der Waals surface area contributed by atoms with Gasteiger partial charge in [-0.25, -0.2) is 0 Å². The summed E-state index contributed by atoms with van der Waals surface area (Å²) in [5, 5.41) is 2.59. The van der Waals surface area contributed by atoms with E-state index in [1.807, 2.05) is 0 Å². The summed E-state index contributed by atoms with van der Waals surface area (Å²) in [6.45, 7) is 0. The highest BCUT2D eigenvalue weighted by molar-refractivity contribution is 5.44. The van der Waals surface area contributed by atoms with Crippen molar-refractivity contribution >= 4 is 5.69 Å². The highest BCUT2D eigenvalue weighted by atomic mass is 19.4. The van der Waals surface area contributed by atoms with Gasteiger partial charge < -0.3 is 5.32 Å². The lowest BCUT2D eigenvalue weighted by Gasteiger charge is -2.06. The van der Waals surface area contributed by atoms with E-state index in [2.05, 4.69) is 5.32 Å². The van der Waals surface area contributed by atoms with Crippen LogP contribution in [0.3, 0.4) is 0 Å². The normalized spacial score (nSPS) is 12.4. The lowest BCUT2D eigenvalue weighted by molar-refractivity contribution is -0.137.